The van der Waals surface area contributed by atoms with Crippen LogP contribution in [0.3, 0.4) is 0 Å². The van der Waals surface area contributed by atoms with Gasteiger partial charge in [-0.15, -0.1) is 0 Å². The van der Waals surface area contributed by atoms with Crippen LogP contribution < -0.4 is 0 Å². The van der Waals surface area contributed by atoms with Gasteiger partial charge in [0.2, 0.25) is 11.8 Å². The minimum Gasteiger partial charge on any atom is -0.282 e. The predicted molar refractivity (Wildman–Crippen MR) is 75.8 cm³/mol. The Morgan fingerprint density at radius 1 is 1.24 bits per heavy atom. The lowest BCUT2D eigenvalue weighted by Gasteiger charge is -2.20. The van der Waals surface area contributed by atoms with Gasteiger partial charge >= 0.3 is 0 Å². The monoisotopic (exact) mass is 311 g/mol. The summed E-state index contributed by atoms with van der Waals surface area (Å²) in [7, 11) is 0. The number of thioether (sulfide) groups is 1. The number of rotatable bonds is 3. The van der Waals surface area contributed by atoms with Crippen molar-refractivity contribution >= 4 is 23.6 Å². The van der Waals surface area contributed by atoms with Crippen molar-refractivity contribution in [1.29, 1.82) is 0 Å². The van der Waals surface area contributed by atoms with Gasteiger partial charge in [-0.2, -0.15) is 11.8 Å². The first-order chi connectivity index (χ1) is 10.0. The minimum atomic E-state index is -0.907. The smallest absolute Gasteiger partial charge is 0.236 e. The molecule has 1 aromatic carbocycles. The summed E-state index contributed by atoms with van der Waals surface area (Å²) in [5.74, 6) is -0.427. The van der Waals surface area contributed by atoms with Gasteiger partial charge in [-0.1, -0.05) is 6.07 Å². The molecule has 0 aromatic heterocycles. The number of imide groups is 1. The van der Waals surface area contributed by atoms with Gasteiger partial charge in [0.1, 0.15) is 0 Å². The Bertz CT molecular complexity index is 599. The van der Waals surface area contributed by atoms with Crippen molar-refractivity contribution in [2.45, 2.75) is 19.3 Å². The van der Waals surface area contributed by atoms with Gasteiger partial charge in [-0.25, -0.2) is 8.78 Å². The normalized spacial score (nSPS) is 25.3. The molecule has 0 unspecified atom stereocenters. The van der Waals surface area contributed by atoms with E-state index in [0.717, 1.165) is 24.3 Å². The van der Waals surface area contributed by atoms with Crippen LogP contribution >= 0.6 is 11.8 Å². The number of amides is 2. The molecule has 21 heavy (non-hydrogen) atoms. The van der Waals surface area contributed by atoms with Crippen LogP contribution in [0, 0.1) is 17.0 Å². The van der Waals surface area contributed by atoms with Crippen molar-refractivity contribution in [3.8, 4) is 0 Å². The molecule has 6 heteroatoms. The molecule has 3 nitrogen and oxygen atoms in total. The van der Waals surface area contributed by atoms with Crippen molar-refractivity contribution in [3.05, 3.63) is 35.4 Å². The molecule has 0 bridgehead atoms. The summed E-state index contributed by atoms with van der Waals surface area (Å²) in [6, 6.07) is 3.65. The van der Waals surface area contributed by atoms with E-state index in [9.17, 15) is 18.4 Å². The summed E-state index contributed by atoms with van der Waals surface area (Å²) < 4.78 is 26.0. The van der Waals surface area contributed by atoms with E-state index in [1.165, 1.54) is 11.0 Å². The quantitative estimate of drug-likeness (QED) is 0.804. The average molecular weight is 311 g/mol. The Kier molecular flexibility index (Phi) is 3.73. The molecule has 0 saturated carbocycles. The van der Waals surface area contributed by atoms with Crippen molar-refractivity contribution < 1.29 is 18.4 Å². The summed E-state index contributed by atoms with van der Waals surface area (Å²) in [4.78, 5) is 25.8. The van der Waals surface area contributed by atoms with Crippen molar-refractivity contribution in [3.63, 3.8) is 0 Å². The zero-order chi connectivity index (χ0) is 15.0. The molecule has 1 spiro atoms. The van der Waals surface area contributed by atoms with E-state index in [4.69, 9.17) is 0 Å². The Morgan fingerprint density at radius 3 is 2.71 bits per heavy atom. The van der Waals surface area contributed by atoms with Crippen LogP contribution in [-0.4, -0.2) is 34.8 Å². The lowest BCUT2D eigenvalue weighted by atomic mass is 9.86. The van der Waals surface area contributed by atoms with Crippen LogP contribution in [0.5, 0.6) is 0 Å². The summed E-state index contributed by atoms with van der Waals surface area (Å²) in [6.45, 7) is 0.231. The van der Waals surface area contributed by atoms with Gasteiger partial charge in [0.05, 0.1) is 5.41 Å². The molecule has 2 amide bonds. The highest BCUT2D eigenvalue weighted by atomic mass is 32.2. The maximum Gasteiger partial charge on any atom is 0.236 e. The second kappa shape index (κ2) is 5.40. The molecule has 2 aliphatic heterocycles. The maximum atomic E-state index is 13.1. The number of benzene rings is 1. The Morgan fingerprint density at radius 2 is 2.05 bits per heavy atom. The largest absolute Gasteiger partial charge is 0.282 e. The molecule has 0 radical (unpaired) electrons. The number of nitrogens with zero attached hydrogens (tertiary/aromatic N) is 1. The van der Waals surface area contributed by atoms with Gasteiger partial charge in [-0.05, 0) is 36.3 Å². The lowest BCUT2D eigenvalue weighted by molar-refractivity contribution is -0.140. The maximum absolute atomic E-state index is 13.1. The first-order valence-electron chi connectivity index (χ1n) is 6.88. The Hall–Kier alpha value is -1.43. The third-order valence-electron chi connectivity index (χ3n) is 4.20. The number of likely N-dealkylation sites (tertiary alicyclic amines) is 1. The highest BCUT2D eigenvalue weighted by Crippen LogP contribution is 2.44. The van der Waals surface area contributed by atoms with E-state index in [1.807, 2.05) is 0 Å². The molecule has 0 N–H and O–H groups in total. The number of carbonyl (C=O) groups is 2. The van der Waals surface area contributed by atoms with Crippen LogP contribution in [0.25, 0.3) is 0 Å². The number of carbonyl (C=O) groups excluding carboxylic acids is 2. The molecule has 1 aromatic rings. The average Bonchev–Trinajstić information content (AvgIpc) is 3.00. The van der Waals surface area contributed by atoms with E-state index in [1.54, 1.807) is 11.8 Å². The van der Waals surface area contributed by atoms with Gasteiger partial charge in [0.25, 0.3) is 0 Å². The molecule has 1 atom stereocenters. The van der Waals surface area contributed by atoms with Crippen molar-refractivity contribution in [2.24, 2.45) is 5.41 Å². The van der Waals surface area contributed by atoms with Gasteiger partial charge in [-0.3, -0.25) is 14.5 Å². The summed E-state index contributed by atoms with van der Waals surface area (Å²) in [5.41, 5.74) is 0.0757. The number of hydrogen-bond acceptors (Lipinski definition) is 3. The lowest BCUT2D eigenvalue weighted by Crippen LogP contribution is -2.37. The molecular weight excluding hydrogens is 296 g/mol. The van der Waals surface area contributed by atoms with Crippen molar-refractivity contribution in [2.75, 3.05) is 18.1 Å². The molecule has 0 aliphatic carbocycles. The highest BCUT2D eigenvalue weighted by Gasteiger charge is 2.52. The van der Waals surface area contributed by atoms with E-state index in [-0.39, 0.29) is 24.8 Å². The van der Waals surface area contributed by atoms with Crippen LogP contribution in [0.2, 0.25) is 0 Å². The van der Waals surface area contributed by atoms with Crippen LogP contribution in [0.4, 0.5) is 8.78 Å². The molecule has 112 valence electrons. The fourth-order valence-electron chi connectivity index (χ4n) is 2.94. The SMILES string of the molecule is O=C1C[C@]2(CCSC2)C(=O)N1CCc1ccc(F)c(F)c1. The minimum absolute atomic E-state index is 0.0971. The van der Waals surface area contributed by atoms with Crippen molar-refractivity contribution in [1.82, 2.24) is 4.90 Å². The van der Waals surface area contributed by atoms with Gasteiger partial charge in [0.15, 0.2) is 11.6 Å². The fraction of sp³-hybridized carbons (Fsp3) is 0.467. The Labute approximate surface area is 125 Å². The molecule has 2 fully saturated rings. The van der Waals surface area contributed by atoms with E-state index in [2.05, 4.69) is 0 Å². The Balaban J connectivity index is 1.69. The predicted octanol–water partition coefficient (Wildman–Crippen LogP) is 2.39. The summed E-state index contributed by atoms with van der Waals surface area (Å²) >= 11 is 1.71. The standard InChI is InChI=1S/C15H15F2NO2S/c16-11-2-1-10(7-12(11)17)3-5-18-13(19)8-15(14(18)20)4-6-21-9-15/h1-2,7H,3-6,8-9H2/t15-/m0/s1. The number of halogens is 2. The van der Waals surface area contributed by atoms with Crippen LogP contribution in [0.1, 0.15) is 18.4 Å². The molecular formula is C15H15F2NO2S. The zero-order valence-electron chi connectivity index (χ0n) is 11.4. The van der Waals surface area contributed by atoms with E-state index >= 15 is 0 Å². The highest BCUT2D eigenvalue weighted by molar-refractivity contribution is 7.99. The zero-order valence-corrected chi connectivity index (χ0v) is 12.2. The third-order valence-corrected chi connectivity index (χ3v) is 5.45. The first kappa shape index (κ1) is 14.5. The van der Waals surface area contributed by atoms with Crippen LogP contribution in [-0.2, 0) is 16.0 Å². The summed E-state index contributed by atoms with van der Waals surface area (Å²) in [6.07, 6.45) is 1.39. The molecule has 2 heterocycles. The molecule has 3 rings (SSSR count). The summed E-state index contributed by atoms with van der Waals surface area (Å²) in [5, 5.41) is 0. The topological polar surface area (TPSA) is 37.4 Å². The number of hydrogen-bond donors (Lipinski definition) is 0. The second-order valence-corrected chi connectivity index (χ2v) is 6.71. The third kappa shape index (κ3) is 2.57. The molecule has 2 saturated heterocycles. The van der Waals surface area contributed by atoms with Gasteiger partial charge < -0.3 is 0 Å². The molecule has 2 aliphatic rings. The first-order valence-corrected chi connectivity index (χ1v) is 8.04. The van der Waals surface area contributed by atoms with E-state index < -0.39 is 17.0 Å². The van der Waals surface area contributed by atoms with E-state index in [0.29, 0.717) is 17.7 Å². The second-order valence-electron chi connectivity index (χ2n) is 5.61. The fourth-order valence-corrected chi connectivity index (χ4v) is 4.38. The van der Waals surface area contributed by atoms with Gasteiger partial charge in [0, 0.05) is 18.7 Å². The van der Waals surface area contributed by atoms with Crippen LogP contribution in [0.15, 0.2) is 18.2 Å².